The molecule has 108 valence electrons. The molecule has 0 radical (unpaired) electrons. The van der Waals surface area contributed by atoms with Crippen LogP contribution in [0.2, 0.25) is 5.02 Å². The van der Waals surface area contributed by atoms with Gasteiger partial charge < -0.3 is 5.32 Å². The predicted molar refractivity (Wildman–Crippen MR) is 84.0 cm³/mol. The number of hydrogen-bond donors (Lipinski definition) is 1. The van der Waals surface area contributed by atoms with Crippen LogP contribution in [-0.4, -0.2) is 9.78 Å². The van der Waals surface area contributed by atoms with Crippen LogP contribution in [0.1, 0.15) is 49.6 Å². The second-order valence-corrected chi connectivity index (χ2v) is 5.96. The van der Waals surface area contributed by atoms with Gasteiger partial charge in [-0.05, 0) is 30.5 Å². The lowest BCUT2D eigenvalue weighted by molar-refractivity contribution is 0.570. The third-order valence-electron chi connectivity index (χ3n) is 3.45. The fraction of sp³-hybridized carbons (Fsp3) is 0.438. The molecule has 0 amide bonds. The summed E-state index contributed by atoms with van der Waals surface area (Å²) in [6.45, 7) is 7.34. The third kappa shape index (κ3) is 3.62. The number of aromatic nitrogens is 2. The Morgan fingerprint density at radius 2 is 1.85 bits per heavy atom. The van der Waals surface area contributed by atoms with Gasteiger partial charge in [-0.15, -0.1) is 0 Å². The monoisotopic (exact) mass is 291 g/mol. The molecule has 0 aliphatic carbocycles. The van der Waals surface area contributed by atoms with Gasteiger partial charge in [-0.3, -0.25) is 4.68 Å². The molecule has 0 unspecified atom stereocenters. The van der Waals surface area contributed by atoms with Crippen molar-refractivity contribution in [2.45, 2.75) is 39.3 Å². The van der Waals surface area contributed by atoms with E-state index >= 15 is 0 Å². The minimum absolute atomic E-state index is 0.285. The highest BCUT2D eigenvalue weighted by atomic mass is 35.5. The number of halogens is 1. The zero-order valence-corrected chi connectivity index (χ0v) is 13.3. The van der Waals surface area contributed by atoms with E-state index in [1.807, 2.05) is 23.9 Å². The molecule has 1 aromatic heterocycles. The molecule has 3 nitrogen and oxygen atoms in total. The summed E-state index contributed by atoms with van der Waals surface area (Å²) in [7, 11) is 1.97. The first-order valence-corrected chi connectivity index (χ1v) is 7.36. The smallest absolute Gasteiger partial charge is 0.0694 e. The first kappa shape index (κ1) is 15.1. The highest BCUT2D eigenvalue weighted by molar-refractivity contribution is 6.30. The number of aryl methyl sites for hydroxylation is 1. The van der Waals surface area contributed by atoms with Crippen LogP contribution >= 0.6 is 11.6 Å². The van der Waals surface area contributed by atoms with E-state index in [2.05, 4.69) is 49.5 Å². The summed E-state index contributed by atoms with van der Waals surface area (Å²) in [6.07, 6.45) is 2.09. The number of hydrogen-bond acceptors (Lipinski definition) is 2. The number of rotatable bonds is 5. The topological polar surface area (TPSA) is 29.9 Å². The van der Waals surface area contributed by atoms with E-state index in [1.165, 1.54) is 16.8 Å². The summed E-state index contributed by atoms with van der Waals surface area (Å²) in [5, 5.41) is 8.85. The maximum absolute atomic E-state index is 5.92. The Morgan fingerprint density at radius 1 is 1.20 bits per heavy atom. The fourth-order valence-electron chi connectivity index (χ4n) is 2.31. The molecular formula is C16H22ClN3. The highest BCUT2D eigenvalue weighted by Crippen LogP contribution is 2.20. The van der Waals surface area contributed by atoms with Gasteiger partial charge in [0.25, 0.3) is 0 Å². The van der Waals surface area contributed by atoms with Gasteiger partial charge in [-0.25, -0.2) is 0 Å². The van der Waals surface area contributed by atoms with Crippen molar-refractivity contribution in [3.05, 3.63) is 52.3 Å². The minimum Gasteiger partial charge on any atom is -0.306 e. The van der Waals surface area contributed by atoms with Crippen LogP contribution in [0.5, 0.6) is 0 Å². The molecule has 2 aromatic rings. The Kier molecular flexibility index (Phi) is 4.84. The fourth-order valence-corrected chi connectivity index (χ4v) is 2.44. The molecule has 1 N–H and O–H groups in total. The Morgan fingerprint density at radius 3 is 2.45 bits per heavy atom. The SMILES string of the molecule is CC(C)c1nn(C)cc1CN[C@H](C)c1ccc(Cl)cc1. The van der Waals surface area contributed by atoms with E-state index in [0.717, 1.165) is 11.6 Å². The van der Waals surface area contributed by atoms with Gasteiger partial charge in [0.05, 0.1) is 5.69 Å². The number of nitrogens with one attached hydrogen (secondary N) is 1. The normalized spacial score (nSPS) is 12.9. The van der Waals surface area contributed by atoms with Crippen molar-refractivity contribution in [1.29, 1.82) is 0 Å². The van der Waals surface area contributed by atoms with Crippen LogP contribution < -0.4 is 5.32 Å². The van der Waals surface area contributed by atoms with Crippen LogP contribution in [0.3, 0.4) is 0 Å². The van der Waals surface area contributed by atoms with Crippen molar-refractivity contribution in [2.24, 2.45) is 7.05 Å². The molecule has 1 aromatic carbocycles. The van der Waals surface area contributed by atoms with E-state index in [1.54, 1.807) is 0 Å². The van der Waals surface area contributed by atoms with E-state index in [-0.39, 0.29) is 6.04 Å². The first-order valence-electron chi connectivity index (χ1n) is 6.98. The maximum Gasteiger partial charge on any atom is 0.0694 e. The molecular weight excluding hydrogens is 270 g/mol. The molecule has 20 heavy (non-hydrogen) atoms. The van der Waals surface area contributed by atoms with Crippen molar-refractivity contribution >= 4 is 11.6 Å². The second-order valence-electron chi connectivity index (χ2n) is 5.52. The van der Waals surface area contributed by atoms with Crippen LogP contribution in [0.4, 0.5) is 0 Å². The molecule has 0 aliphatic rings. The third-order valence-corrected chi connectivity index (χ3v) is 3.70. The van der Waals surface area contributed by atoms with Crippen molar-refractivity contribution in [3.63, 3.8) is 0 Å². The average Bonchev–Trinajstić information content (AvgIpc) is 2.78. The minimum atomic E-state index is 0.285. The zero-order chi connectivity index (χ0) is 14.7. The number of benzene rings is 1. The Hall–Kier alpha value is -1.32. The summed E-state index contributed by atoms with van der Waals surface area (Å²) >= 11 is 5.92. The van der Waals surface area contributed by atoms with Crippen LogP contribution in [0.15, 0.2) is 30.5 Å². The van der Waals surface area contributed by atoms with Crippen LogP contribution in [-0.2, 0) is 13.6 Å². The lowest BCUT2D eigenvalue weighted by Gasteiger charge is -2.15. The molecule has 0 aliphatic heterocycles. The molecule has 0 saturated carbocycles. The lowest BCUT2D eigenvalue weighted by Crippen LogP contribution is -2.18. The Labute approximate surface area is 126 Å². The maximum atomic E-state index is 5.92. The van der Waals surface area contributed by atoms with Gasteiger partial charge in [0.2, 0.25) is 0 Å². The number of nitrogens with zero attached hydrogens (tertiary/aromatic N) is 2. The summed E-state index contributed by atoms with van der Waals surface area (Å²) in [5.74, 6) is 0.443. The Bertz CT molecular complexity index is 558. The van der Waals surface area contributed by atoms with E-state index in [4.69, 9.17) is 11.6 Å². The predicted octanol–water partition coefficient (Wildman–Crippen LogP) is 4.05. The first-order chi connectivity index (χ1) is 9.47. The summed E-state index contributed by atoms with van der Waals surface area (Å²) < 4.78 is 1.89. The van der Waals surface area contributed by atoms with Gasteiger partial charge in [0, 0.05) is 36.4 Å². The zero-order valence-electron chi connectivity index (χ0n) is 12.5. The van der Waals surface area contributed by atoms with Gasteiger partial charge in [0.15, 0.2) is 0 Å². The molecule has 1 atom stereocenters. The van der Waals surface area contributed by atoms with Crippen molar-refractivity contribution in [1.82, 2.24) is 15.1 Å². The van der Waals surface area contributed by atoms with Crippen LogP contribution in [0.25, 0.3) is 0 Å². The summed E-state index contributed by atoms with van der Waals surface area (Å²) in [5.41, 5.74) is 3.68. The van der Waals surface area contributed by atoms with Crippen molar-refractivity contribution in [2.75, 3.05) is 0 Å². The van der Waals surface area contributed by atoms with Gasteiger partial charge >= 0.3 is 0 Å². The van der Waals surface area contributed by atoms with Crippen molar-refractivity contribution < 1.29 is 0 Å². The highest BCUT2D eigenvalue weighted by Gasteiger charge is 2.12. The van der Waals surface area contributed by atoms with Gasteiger partial charge in [0.1, 0.15) is 0 Å². The molecule has 0 saturated heterocycles. The molecule has 0 spiro atoms. The molecule has 1 heterocycles. The van der Waals surface area contributed by atoms with Crippen LogP contribution in [0, 0.1) is 0 Å². The summed E-state index contributed by atoms with van der Waals surface area (Å²) in [4.78, 5) is 0. The van der Waals surface area contributed by atoms with E-state index in [0.29, 0.717) is 5.92 Å². The average molecular weight is 292 g/mol. The Balaban J connectivity index is 2.03. The van der Waals surface area contributed by atoms with Gasteiger partial charge in [-0.1, -0.05) is 37.6 Å². The summed E-state index contributed by atoms with van der Waals surface area (Å²) in [6, 6.07) is 8.27. The molecule has 0 bridgehead atoms. The second kappa shape index (κ2) is 6.42. The molecule has 2 rings (SSSR count). The molecule has 4 heteroatoms. The molecule has 0 fully saturated rings. The van der Waals surface area contributed by atoms with E-state index in [9.17, 15) is 0 Å². The van der Waals surface area contributed by atoms with Gasteiger partial charge in [-0.2, -0.15) is 5.10 Å². The van der Waals surface area contributed by atoms with Crippen molar-refractivity contribution in [3.8, 4) is 0 Å². The quantitative estimate of drug-likeness (QED) is 0.901. The largest absolute Gasteiger partial charge is 0.306 e. The standard InChI is InChI=1S/C16H22ClN3/c1-11(2)16-14(10-20(4)19-16)9-18-12(3)13-5-7-15(17)8-6-13/h5-8,10-12,18H,9H2,1-4H3/t12-/m1/s1. The lowest BCUT2D eigenvalue weighted by atomic mass is 10.1. The van der Waals surface area contributed by atoms with E-state index < -0.39 is 0 Å².